The van der Waals surface area contributed by atoms with Crippen molar-refractivity contribution >= 4 is 17.3 Å². The minimum Gasteiger partial charge on any atom is -0.464 e. The zero-order chi connectivity index (χ0) is 13.0. The first kappa shape index (κ1) is 13.0. The summed E-state index contributed by atoms with van der Waals surface area (Å²) in [6.45, 7) is 2.53. The number of hydrogen-bond acceptors (Lipinski definition) is 3. The molecule has 3 nitrogen and oxygen atoms in total. The van der Waals surface area contributed by atoms with Gasteiger partial charge >= 0.3 is 0 Å². The Kier molecular flexibility index (Phi) is 4.28. The van der Waals surface area contributed by atoms with Crippen molar-refractivity contribution < 1.29 is 4.42 Å². The Labute approximate surface area is 112 Å². The first-order valence-electron chi connectivity index (χ1n) is 6.03. The molecule has 0 saturated carbocycles. The Hall–Kier alpha value is -1.45. The lowest BCUT2D eigenvalue weighted by atomic mass is 10.2. The van der Waals surface area contributed by atoms with Gasteiger partial charge in [0.2, 0.25) is 0 Å². The van der Waals surface area contributed by atoms with Gasteiger partial charge in [-0.3, -0.25) is 0 Å². The van der Waals surface area contributed by atoms with Gasteiger partial charge in [-0.15, -0.1) is 0 Å². The van der Waals surface area contributed by atoms with Crippen LogP contribution in [0.15, 0.2) is 40.8 Å². The third kappa shape index (κ3) is 3.06. The van der Waals surface area contributed by atoms with Gasteiger partial charge in [0.05, 0.1) is 6.04 Å². The maximum atomic E-state index is 5.85. The molecule has 0 aliphatic rings. The first-order chi connectivity index (χ1) is 8.72. The smallest absolute Gasteiger partial charge is 0.127 e. The van der Waals surface area contributed by atoms with Gasteiger partial charge in [-0.2, -0.15) is 0 Å². The molecule has 1 heterocycles. The number of anilines is 1. The largest absolute Gasteiger partial charge is 0.464 e. The molecule has 3 N–H and O–H groups in total. The summed E-state index contributed by atoms with van der Waals surface area (Å²) >= 11 is 5.85. The molecule has 0 aliphatic carbocycles. The van der Waals surface area contributed by atoms with Crippen LogP contribution in [0.5, 0.6) is 0 Å². The van der Waals surface area contributed by atoms with Crippen molar-refractivity contribution in [2.75, 3.05) is 11.9 Å². The van der Waals surface area contributed by atoms with E-state index < -0.39 is 0 Å². The van der Waals surface area contributed by atoms with Crippen LogP contribution in [-0.2, 0) is 6.42 Å². The molecule has 4 heteroatoms. The van der Waals surface area contributed by atoms with Crippen molar-refractivity contribution in [1.29, 1.82) is 0 Å². The van der Waals surface area contributed by atoms with Gasteiger partial charge < -0.3 is 15.5 Å². The number of furan rings is 1. The Morgan fingerprint density at radius 2 is 1.94 bits per heavy atom. The Bertz CT molecular complexity index is 493. The highest BCUT2D eigenvalue weighted by atomic mass is 35.5. The van der Waals surface area contributed by atoms with Crippen LogP contribution < -0.4 is 11.1 Å². The van der Waals surface area contributed by atoms with Crippen molar-refractivity contribution in [3.8, 4) is 0 Å². The van der Waals surface area contributed by atoms with Crippen molar-refractivity contribution in [1.82, 2.24) is 0 Å². The summed E-state index contributed by atoms with van der Waals surface area (Å²) in [5.74, 6) is 1.84. The van der Waals surface area contributed by atoms with Crippen LogP contribution in [0.1, 0.15) is 24.5 Å². The lowest BCUT2D eigenvalue weighted by molar-refractivity contribution is 0.448. The molecule has 1 unspecified atom stereocenters. The van der Waals surface area contributed by atoms with Crippen molar-refractivity contribution in [3.63, 3.8) is 0 Å². The highest BCUT2D eigenvalue weighted by Crippen LogP contribution is 2.22. The third-order valence-electron chi connectivity index (χ3n) is 2.80. The number of halogens is 1. The molecule has 96 valence electrons. The molecule has 2 aromatic rings. The molecule has 0 radical (unpaired) electrons. The van der Waals surface area contributed by atoms with E-state index in [1.54, 1.807) is 0 Å². The maximum Gasteiger partial charge on any atom is 0.127 e. The summed E-state index contributed by atoms with van der Waals surface area (Å²) in [5, 5.41) is 4.05. The van der Waals surface area contributed by atoms with Crippen LogP contribution in [0.2, 0.25) is 5.02 Å². The molecule has 0 amide bonds. The van der Waals surface area contributed by atoms with Crippen LogP contribution >= 0.6 is 11.6 Å². The number of hydrogen-bond donors (Lipinski definition) is 2. The van der Waals surface area contributed by atoms with Crippen LogP contribution in [0.25, 0.3) is 0 Å². The van der Waals surface area contributed by atoms with E-state index in [9.17, 15) is 0 Å². The second-order valence-electron chi connectivity index (χ2n) is 4.10. The van der Waals surface area contributed by atoms with Crippen LogP contribution in [-0.4, -0.2) is 6.54 Å². The summed E-state index contributed by atoms with van der Waals surface area (Å²) in [7, 11) is 0. The zero-order valence-corrected chi connectivity index (χ0v) is 11.1. The van der Waals surface area contributed by atoms with E-state index in [2.05, 4.69) is 12.2 Å². The van der Waals surface area contributed by atoms with Crippen LogP contribution in [0, 0.1) is 0 Å². The van der Waals surface area contributed by atoms with Crippen molar-refractivity contribution in [3.05, 3.63) is 52.9 Å². The van der Waals surface area contributed by atoms with E-state index in [4.69, 9.17) is 21.8 Å². The fraction of sp³-hybridized carbons (Fsp3) is 0.286. The lowest BCUT2D eigenvalue weighted by Crippen LogP contribution is -2.20. The summed E-state index contributed by atoms with van der Waals surface area (Å²) < 4.78 is 5.71. The predicted octanol–water partition coefficient (Wildman–Crippen LogP) is 3.61. The molecule has 0 aliphatic heterocycles. The van der Waals surface area contributed by atoms with Crippen LogP contribution in [0.4, 0.5) is 5.69 Å². The summed E-state index contributed by atoms with van der Waals surface area (Å²) in [4.78, 5) is 0. The predicted molar refractivity (Wildman–Crippen MR) is 75.0 cm³/mol. The summed E-state index contributed by atoms with van der Waals surface area (Å²) in [6, 6.07) is 11.5. The Morgan fingerprint density at radius 3 is 2.50 bits per heavy atom. The fourth-order valence-corrected chi connectivity index (χ4v) is 1.89. The van der Waals surface area contributed by atoms with Gasteiger partial charge in [-0.25, -0.2) is 0 Å². The Balaban J connectivity index is 2.11. The van der Waals surface area contributed by atoms with E-state index in [0.717, 1.165) is 28.7 Å². The molecule has 0 fully saturated rings. The van der Waals surface area contributed by atoms with E-state index >= 15 is 0 Å². The molecule has 1 atom stereocenters. The van der Waals surface area contributed by atoms with E-state index in [-0.39, 0.29) is 6.04 Å². The minimum absolute atomic E-state index is 0.0218. The number of nitrogens with two attached hydrogens (primary N) is 1. The second-order valence-corrected chi connectivity index (χ2v) is 4.53. The van der Waals surface area contributed by atoms with Crippen molar-refractivity contribution in [2.24, 2.45) is 5.73 Å². The Morgan fingerprint density at radius 1 is 1.22 bits per heavy atom. The summed E-state index contributed by atoms with van der Waals surface area (Å²) in [6.07, 6.45) is 0.887. The molecule has 18 heavy (non-hydrogen) atoms. The molecule has 0 bridgehead atoms. The molecule has 0 saturated heterocycles. The molecule has 0 spiro atoms. The minimum atomic E-state index is -0.0218. The topological polar surface area (TPSA) is 51.2 Å². The van der Waals surface area contributed by atoms with Gasteiger partial charge in [0.1, 0.15) is 11.5 Å². The van der Waals surface area contributed by atoms with E-state index in [1.807, 2.05) is 36.4 Å². The quantitative estimate of drug-likeness (QED) is 0.867. The zero-order valence-electron chi connectivity index (χ0n) is 10.3. The van der Waals surface area contributed by atoms with Crippen molar-refractivity contribution in [2.45, 2.75) is 19.4 Å². The molecule has 1 aromatic carbocycles. The number of benzene rings is 1. The van der Waals surface area contributed by atoms with Gasteiger partial charge in [-0.05, 0) is 36.4 Å². The average Bonchev–Trinajstić information content (AvgIpc) is 2.87. The average molecular weight is 265 g/mol. The van der Waals surface area contributed by atoms with Gasteiger partial charge in [-0.1, -0.05) is 18.5 Å². The highest BCUT2D eigenvalue weighted by Gasteiger charge is 2.13. The normalized spacial score (nSPS) is 12.4. The second kappa shape index (κ2) is 5.94. The molecular formula is C14H17ClN2O. The maximum absolute atomic E-state index is 5.85. The van der Waals surface area contributed by atoms with Gasteiger partial charge in [0, 0.05) is 23.7 Å². The summed E-state index contributed by atoms with van der Waals surface area (Å²) in [5.41, 5.74) is 6.76. The lowest BCUT2D eigenvalue weighted by Gasteiger charge is -2.16. The van der Waals surface area contributed by atoms with Crippen LogP contribution in [0.3, 0.4) is 0 Å². The molecular weight excluding hydrogens is 248 g/mol. The van der Waals surface area contributed by atoms with Gasteiger partial charge in [0.25, 0.3) is 0 Å². The van der Waals surface area contributed by atoms with E-state index in [1.165, 1.54) is 0 Å². The first-order valence-corrected chi connectivity index (χ1v) is 6.41. The monoisotopic (exact) mass is 264 g/mol. The van der Waals surface area contributed by atoms with E-state index in [0.29, 0.717) is 6.54 Å². The highest BCUT2D eigenvalue weighted by molar-refractivity contribution is 6.30. The number of nitrogens with one attached hydrogen (secondary N) is 1. The van der Waals surface area contributed by atoms with Gasteiger partial charge in [0.15, 0.2) is 0 Å². The SMILES string of the molecule is CCc1ccc(C(CN)Nc2ccc(Cl)cc2)o1. The number of rotatable bonds is 5. The molecule has 2 rings (SSSR count). The fourth-order valence-electron chi connectivity index (χ4n) is 1.77. The third-order valence-corrected chi connectivity index (χ3v) is 3.05. The molecule has 1 aromatic heterocycles. The standard InChI is InChI=1S/C14H17ClN2O/c1-2-12-7-8-14(18-12)13(9-16)17-11-5-3-10(15)4-6-11/h3-8,13,17H,2,9,16H2,1H3. The number of aryl methyl sites for hydroxylation is 1.